The highest BCUT2D eigenvalue weighted by Gasteiger charge is 2.19. The lowest BCUT2D eigenvalue weighted by Gasteiger charge is -2.34. The van der Waals surface area contributed by atoms with E-state index in [1.807, 2.05) is 18.5 Å². The highest BCUT2D eigenvalue weighted by Crippen LogP contribution is 2.15. The summed E-state index contributed by atoms with van der Waals surface area (Å²) in [4.78, 5) is 17.5. The summed E-state index contributed by atoms with van der Waals surface area (Å²) in [6.45, 7) is 4.78. The van der Waals surface area contributed by atoms with E-state index in [4.69, 9.17) is 4.74 Å². The van der Waals surface area contributed by atoms with Gasteiger partial charge in [-0.2, -0.15) is 4.98 Å². The smallest absolute Gasteiger partial charge is 0.228 e. The summed E-state index contributed by atoms with van der Waals surface area (Å²) in [7, 11) is 1.62. The third-order valence-electron chi connectivity index (χ3n) is 3.61. The third kappa shape index (κ3) is 3.46. The molecular formula is C15H19N5O. The van der Waals surface area contributed by atoms with Crippen LogP contribution in [0.3, 0.4) is 0 Å². The molecule has 0 aromatic carbocycles. The molecule has 0 bridgehead atoms. The quantitative estimate of drug-likeness (QED) is 0.841. The van der Waals surface area contributed by atoms with Gasteiger partial charge in [-0.1, -0.05) is 6.07 Å². The molecule has 6 nitrogen and oxygen atoms in total. The summed E-state index contributed by atoms with van der Waals surface area (Å²) in [5.41, 5.74) is 1.25. The van der Waals surface area contributed by atoms with Crippen LogP contribution in [0.2, 0.25) is 0 Å². The number of anilines is 1. The molecule has 0 unspecified atom stereocenters. The van der Waals surface area contributed by atoms with E-state index in [2.05, 4.69) is 30.8 Å². The molecule has 2 aromatic rings. The molecule has 2 aromatic heterocycles. The Bertz CT molecular complexity index is 569. The molecule has 3 rings (SSSR count). The van der Waals surface area contributed by atoms with Gasteiger partial charge in [-0.25, -0.2) is 4.98 Å². The standard InChI is InChI=1S/C15H19N5O/c1-21-14-4-6-17-15(18-14)20-9-7-19(8-10-20)12-13-3-2-5-16-11-13/h2-6,11H,7-10,12H2,1H3. The van der Waals surface area contributed by atoms with E-state index < -0.39 is 0 Å². The first kappa shape index (κ1) is 13.8. The van der Waals surface area contributed by atoms with Crippen molar-refractivity contribution in [1.82, 2.24) is 19.9 Å². The molecule has 1 saturated heterocycles. The number of piperazine rings is 1. The van der Waals surface area contributed by atoms with Crippen LogP contribution in [0.4, 0.5) is 5.95 Å². The first-order valence-electron chi connectivity index (χ1n) is 7.08. The van der Waals surface area contributed by atoms with Gasteiger partial charge in [0.25, 0.3) is 0 Å². The molecule has 110 valence electrons. The summed E-state index contributed by atoms with van der Waals surface area (Å²) in [5.74, 6) is 1.35. The van der Waals surface area contributed by atoms with Gasteiger partial charge in [0.2, 0.25) is 11.8 Å². The van der Waals surface area contributed by atoms with Gasteiger partial charge in [0, 0.05) is 57.4 Å². The molecule has 6 heteroatoms. The van der Waals surface area contributed by atoms with Gasteiger partial charge < -0.3 is 9.64 Å². The monoisotopic (exact) mass is 285 g/mol. The van der Waals surface area contributed by atoms with Crippen LogP contribution in [-0.2, 0) is 6.54 Å². The van der Waals surface area contributed by atoms with E-state index in [9.17, 15) is 0 Å². The maximum absolute atomic E-state index is 5.15. The number of pyridine rings is 1. The van der Waals surface area contributed by atoms with Crippen molar-refractivity contribution in [3.05, 3.63) is 42.4 Å². The number of ether oxygens (including phenoxy) is 1. The minimum absolute atomic E-state index is 0.609. The van der Waals surface area contributed by atoms with Gasteiger partial charge in [-0.3, -0.25) is 9.88 Å². The van der Waals surface area contributed by atoms with Crippen molar-refractivity contribution in [3.63, 3.8) is 0 Å². The van der Waals surface area contributed by atoms with Crippen molar-refractivity contribution in [3.8, 4) is 5.88 Å². The molecule has 0 spiro atoms. The van der Waals surface area contributed by atoms with Crippen LogP contribution in [-0.4, -0.2) is 53.1 Å². The number of hydrogen-bond acceptors (Lipinski definition) is 6. The molecule has 0 N–H and O–H groups in total. The lowest BCUT2D eigenvalue weighted by Crippen LogP contribution is -2.46. The third-order valence-corrected chi connectivity index (χ3v) is 3.61. The molecule has 0 saturated carbocycles. The van der Waals surface area contributed by atoms with Crippen molar-refractivity contribution in [2.45, 2.75) is 6.54 Å². The summed E-state index contributed by atoms with van der Waals surface area (Å²) in [6.07, 6.45) is 5.47. The second kappa shape index (κ2) is 6.49. The van der Waals surface area contributed by atoms with Crippen LogP contribution in [0.25, 0.3) is 0 Å². The maximum atomic E-state index is 5.15. The van der Waals surface area contributed by atoms with Gasteiger partial charge in [-0.15, -0.1) is 0 Å². The summed E-state index contributed by atoms with van der Waals surface area (Å²) in [5, 5.41) is 0. The van der Waals surface area contributed by atoms with Crippen LogP contribution in [0.15, 0.2) is 36.8 Å². The van der Waals surface area contributed by atoms with E-state index in [0.717, 1.165) is 38.7 Å². The Labute approximate surface area is 124 Å². The number of methoxy groups -OCH3 is 1. The predicted octanol–water partition coefficient (Wildman–Crippen LogP) is 1.20. The summed E-state index contributed by atoms with van der Waals surface area (Å²) < 4.78 is 5.15. The number of hydrogen-bond donors (Lipinski definition) is 0. The summed E-state index contributed by atoms with van der Waals surface area (Å²) >= 11 is 0. The lowest BCUT2D eigenvalue weighted by molar-refractivity contribution is 0.248. The van der Waals surface area contributed by atoms with Crippen molar-refractivity contribution in [2.24, 2.45) is 0 Å². The maximum Gasteiger partial charge on any atom is 0.228 e. The molecular weight excluding hydrogens is 266 g/mol. The van der Waals surface area contributed by atoms with Crippen molar-refractivity contribution in [1.29, 1.82) is 0 Å². The fourth-order valence-corrected chi connectivity index (χ4v) is 2.45. The zero-order valence-electron chi connectivity index (χ0n) is 12.1. The molecule has 21 heavy (non-hydrogen) atoms. The normalized spacial score (nSPS) is 16.0. The Balaban J connectivity index is 1.57. The molecule has 0 atom stereocenters. The van der Waals surface area contributed by atoms with E-state index >= 15 is 0 Å². The van der Waals surface area contributed by atoms with Gasteiger partial charge in [0.15, 0.2) is 0 Å². The average molecular weight is 285 g/mol. The topological polar surface area (TPSA) is 54.4 Å². The minimum atomic E-state index is 0.609. The average Bonchev–Trinajstić information content (AvgIpc) is 2.56. The van der Waals surface area contributed by atoms with Crippen LogP contribution in [0.5, 0.6) is 5.88 Å². The van der Waals surface area contributed by atoms with Gasteiger partial charge >= 0.3 is 0 Å². The lowest BCUT2D eigenvalue weighted by atomic mass is 10.2. The van der Waals surface area contributed by atoms with Gasteiger partial charge in [-0.05, 0) is 11.6 Å². The Morgan fingerprint density at radius 2 is 2.00 bits per heavy atom. The number of aromatic nitrogens is 3. The molecule has 1 aliphatic rings. The SMILES string of the molecule is COc1ccnc(N2CCN(Cc3cccnc3)CC2)n1. The predicted molar refractivity (Wildman–Crippen MR) is 80.3 cm³/mol. The Morgan fingerprint density at radius 3 is 2.71 bits per heavy atom. The van der Waals surface area contributed by atoms with E-state index in [1.165, 1.54) is 5.56 Å². The highest BCUT2D eigenvalue weighted by molar-refractivity contribution is 5.32. The molecule has 3 heterocycles. The highest BCUT2D eigenvalue weighted by atomic mass is 16.5. The first-order chi connectivity index (χ1) is 10.3. The number of rotatable bonds is 4. The fraction of sp³-hybridized carbons (Fsp3) is 0.400. The van der Waals surface area contributed by atoms with Crippen LogP contribution >= 0.6 is 0 Å². The molecule has 0 radical (unpaired) electrons. The minimum Gasteiger partial charge on any atom is -0.481 e. The molecule has 1 aliphatic heterocycles. The van der Waals surface area contributed by atoms with Gasteiger partial charge in [0.1, 0.15) is 0 Å². The van der Waals surface area contributed by atoms with Gasteiger partial charge in [0.05, 0.1) is 7.11 Å². The van der Waals surface area contributed by atoms with Crippen LogP contribution in [0, 0.1) is 0 Å². The second-order valence-corrected chi connectivity index (χ2v) is 5.02. The summed E-state index contributed by atoms with van der Waals surface area (Å²) in [6, 6.07) is 5.86. The second-order valence-electron chi connectivity index (χ2n) is 5.02. The van der Waals surface area contributed by atoms with Crippen molar-refractivity contribution < 1.29 is 4.74 Å². The van der Waals surface area contributed by atoms with E-state index in [1.54, 1.807) is 19.4 Å². The number of nitrogens with zero attached hydrogens (tertiary/aromatic N) is 5. The first-order valence-corrected chi connectivity index (χ1v) is 7.08. The largest absolute Gasteiger partial charge is 0.481 e. The van der Waals surface area contributed by atoms with Crippen LogP contribution < -0.4 is 9.64 Å². The molecule has 1 fully saturated rings. The van der Waals surface area contributed by atoms with Crippen molar-refractivity contribution >= 4 is 5.95 Å². The Hall–Kier alpha value is -2.21. The fourth-order valence-electron chi connectivity index (χ4n) is 2.45. The van der Waals surface area contributed by atoms with E-state index in [-0.39, 0.29) is 0 Å². The Kier molecular flexibility index (Phi) is 4.25. The van der Waals surface area contributed by atoms with Crippen molar-refractivity contribution in [2.75, 3.05) is 38.2 Å². The zero-order chi connectivity index (χ0) is 14.5. The zero-order valence-corrected chi connectivity index (χ0v) is 12.1. The molecule has 0 aliphatic carbocycles. The van der Waals surface area contributed by atoms with E-state index in [0.29, 0.717) is 5.88 Å². The molecule has 0 amide bonds. The van der Waals surface area contributed by atoms with Crippen LogP contribution in [0.1, 0.15) is 5.56 Å². The Morgan fingerprint density at radius 1 is 1.14 bits per heavy atom.